The van der Waals surface area contributed by atoms with Gasteiger partial charge in [-0.25, -0.2) is 0 Å². The van der Waals surface area contributed by atoms with Crippen molar-refractivity contribution in [1.82, 2.24) is 0 Å². The second-order valence-corrected chi connectivity index (χ2v) is 3.49. The van der Waals surface area contributed by atoms with Crippen LogP contribution in [0.5, 0.6) is 0 Å². The van der Waals surface area contributed by atoms with E-state index in [1.807, 2.05) is 23.5 Å². The van der Waals surface area contributed by atoms with Crippen molar-refractivity contribution in [3.05, 3.63) is 0 Å². The van der Waals surface area contributed by atoms with Crippen molar-refractivity contribution < 1.29 is 0 Å². The van der Waals surface area contributed by atoms with E-state index in [-0.39, 0.29) is 0 Å². The number of thioether (sulfide) groups is 2. The van der Waals surface area contributed by atoms with E-state index in [2.05, 4.69) is 12.5 Å². The zero-order valence-electron chi connectivity index (χ0n) is 5.39. The van der Waals surface area contributed by atoms with Crippen molar-refractivity contribution in [2.75, 3.05) is 24.0 Å². The van der Waals surface area contributed by atoms with E-state index in [4.69, 9.17) is 5.73 Å². The second kappa shape index (κ2) is 5.79. The van der Waals surface area contributed by atoms with E-state index in [1.54, 1.807) is 0 Å². The van der Waals surface area contributed by atoms with Crippen LogP contribution in [0.25, 0.3) is 0 Å². The zero-order chi connectivity index (χ0) is 6.41. The molecule has 50 valence electrons. The molecule has 0 radical (unpaired) electrons. The highest BCUT2D eigenvalue weighted by Crippen LogP contribution is 2.00. The van der Waals surface area contributed by atoms with Crippen molar-refractivity contribution in [1.29, 1.82) is 0 Å². The van der Waals surface area contributed by atoms with Crippen LogP contribution in [0.1, 0.15) is 0 Å². The zero-order valence-corrected chi connectivity index (χ0v) is 7.02. The summed E-state index contributed by atoms with van der Waals surface area (Å²) in [7, 11) is 0. The molecule has 0 bridgehead atoms. The third-order valence-corrected chi connectivity index (χ3v) is 2.28. The summed E-state index contributed by atoms with van der Waals surface area (Å²) < 4.78 is 0. The van der Waals surface area contributed by atoms with Crippen molar-refractivity contribution in [2.45, 2.75) is 6.04 Å². The first-order valence-corrected chi connectivity index (χ1v) is 5.33. The van der Waals surface area contributed by atoms with Gasteiger partial charge in [-0.1, -0.05) is 0 Å². The van der Waals surface area contributed by atoms with Crippen molar-refractivity contribution >= 4 is 23.5 Å². The first-order chi connectivity index (χ1) is 3.81. The van der Waals surface area contributed by atoms with Gasteiger partial charge in [-0.15, -0.1) is 0 Å². The highest BCUT2D eigenvalue weighted by Gasteiger charge is 1.96. The maximum Gasteiger partial charge on any atom is 0.0222 e. The minimum absolute atomic E-state index is 0.389. The van der Waals surface area contributed by atoms with E-state index >= 15 is 0 Å². The number of rotatable bonds is 4. The summed E-state index contributed by atoms with van der Waals surface area (Å²) in [4.78, 5) is 0. The van der Waals surface area contributed by atoms with E-state index < -0.39 is 0 Å². The molecule has 8 heavy (non-hydrogen) atoms. The Hall–Kier alpha value is 0.660. The van der Waals surface area contributed by atoms with Crippen molar-refractivity contribution in [3.8, 4) is 0 Å². The predicted octanol–water partition coefficient (Wildman–Crippen LogP) is 1.04. The first kappa shape index (κ1) is 8.66. The molecule has 0 saturated heterocycles. The Labute approximate surface area is 59.8 Å². The maximum absolute atomic E-state index is 5.65. The van der Waals surface area contributed by atoms with Crippen LogP contribution in [0.3, 0.4) is 0 Å². The van der Waals surface area contributed by atoms with Crippen molar-refractivity contribution in [3.63, 3.8) is 0 Å². The Morgan fingerprint density at radius 1 is 1.25 bits per heavy atom. The third-order valence-electron chi connectivity index (χ3n) is 0.761. The second-order valence-electron chi connectivity index (χ2n) is 1.67. The summed E-state index contributed by atoms with van der Waals surface area (Å²) in [5.74, 6) is 2.17. The summed E-state index contributed by atoms with van der Waals surface area (Å²) in [5, 5.41) is 0. The van der Waals surface area contributed by atoms with Gasteiger partial charge in [0.05, 0.1) is 0 Å². The van der Waals surface area contributed by atoms with Crippen molar-refractivity contribution in [2.24, 2.45) is 5.73 Å². The highest BCUT2D eigenvalue weighted by atomic mass is 32.2. The van der Waals surface area contributed by atoms with Gasteiger partial charge in [0.15, 0.2) is 0 Å². The van der Waals surface area contributed by atoms with Gasteiger partial charge in [-0.3, -0.25) is 0 Å². The molecule has 0 aliphatic carbocycles. The van der Waals surface area contributed by atoms with E-state index in [9.17, 15) is 0 Å². The lowest BCUT2D eigenvalue weighted by molar-refractivity contribution is 0.862. The molecule has 0 spiro atoms. The SMILES string of the molecule is CSCC(N)CSC. The number of nitrogens with two attached hydrogens (primary N) is 1. The van der Waals surface area contributed by atoms with Gasteiger partial charge in [0.25, 0.3) is 0 Å². The van der Waals surface area contributed by atoms with Crippen LogP contribution in [0.4, 0.5) is 0 Å². The summed E-state index contributed by atoms with van der Waals surface area (Å²) in [6, 6.07) is 0.389. The first-order valence-electron chi connectivity index (χ1n) is 2.54. The van der Waals surface area contributed by atoms with E-state index in [0.717, 1.165) is 11.5 Å². The summed E-state index contributed by atoms with van der Waals surface area (Å²) >= 11 is 3.62. The molecule has 0 heterocycles. The van der Waals surface area contributed by atoms with Gasteiger partial charge in [0, 0.05) is 17.5 Å². The lowest BCUT2D eigenvalue weighted by Crippen LogP contribution is -2.25. The van der Waals surface area contributed by atoms with Crippen LogP contribution >= 0.6 is 23.5 Å². The van der Waals surface area contributed by atoms with Crippen LogP contribution < -0.4 is 5.73 Å². The molecule has 2 N–H and O–H groups in total. The minimum atomic E-state index is 0.389. The van der Waals surface area contributed by atoms with Crippen LogP contribution in [0, 0.1) is 0 Å². The van der Waals surface area contributed by atoms with Crippen LogP contribution in [0.15, 0.2) is 0 Å². The van der Waals surface area contributed by atoms with E-state index in [0.29, 0.717) is 6.04 Å². The fraction of sp³-hybridized carbons (Fsp3) is 1.00. The Morgan fingerprint density at radius 2 is 1.62 bits per heavy atom. The standard InChI is InChI=1S/C5H13NS2/c1-7-3-5(6)4-8-2/h5H,3-4,6H2,1-2H3. The Morgan fingerprint density at radius 3 is 1.88 bits per heavy atom. The highest BCUT2D eigenvalue weighted by molar-refractivity contribution is 7.99. The van der Waals surface area contributed by atoms with Gasteiger partial charge >= 0.3 is 0 Å². The van der Waals surface area contributed by atoms with E-state index in [1.165, 1.54) is 0 Å². The van der Waals surface area contributed by atoms with Gasteiger partial charge in [-0.05, 0) is 12.5 Å². The molecule has 0 aliphatic rings. The van der Waals surface area contributed by atoms with Crippen LogP contribution in [-0.4, -0.2) is 30.1 Å². The normalized spacial score (nSPS) is 10.5. The molecule has 0 saturated carbocycles. The fourth-order valence-electron chi connectivity index (χ4n) is 0.476. The molecule has 0 unspecified atom stereocenters. The summed E-state index contributed by atoms with van der Waals surface area (Å²) in [6.07, 6.45) is 4.17. The van der Waals surface area contributed by atoms with Crippen LogP contribution in [-0.2, 0) is 0 Å². The molecule has 0 aromatic rings. The third kappa shape index (κ3) is 4.81. The average molecular weight is 151 g/mol. The fourth-order valence-corrected chi connectivity index (χ4v) is 1.72. The molecular formula is C5H13NS2. The monoisotopic (exact) mass is 151 g/mol. The molecule has 0 fully saturated rings. The maximum atomic E-state index is 5.65. The molecule has 0 aromatic carbocycles. The Bertz CT molecular complexity index is 43.7. The Balaban J connectivity index is 2.92. The molecule has 0 rings (SSSR count). The summed E-state index contributed by atoms with van der Waals surface area (Å²) in [5.41, 5.74) is 5.65. The molecule has 0 atom stereocenters. The largest absolute Gasteiger partial charge is 0.326 e. The molecule has 3 heteroatoms. The Kier molecular flexibility index (Phi) is 6.27. The topological polar surface area (TPSA) is 26.0 Å². The smallest absolute Gasteiger partial charge is 0.0222 e. The lowest BCUT2D eigenvalue weighted by Gasteiger charge is -2.05. The predicted molar refractivity (Wildman–Crippen MR) is 44.7 cm³/mol. The minimum Gasteiger partial charge on any atom is -0.326 e. The molecular weight excluding hydrogens is 138 g/mol. The van der Waals surface area contributed by atoms with Gasteiger partial charge < -0.3 is 5.73 Å². The summed E-state index contributed by atoms with van der Waals surface area (Å²) in [6.45, 7) is 0. The molecule has 0 aliphatic heterocycles. The average Bonchev–Trinajstić information content (AvgIpc) is 1.68. The van der Waals surface area contributed by atoms with Gasteiger partial charge in [0.1, 0.15) is 0 Å². The quantitative estimate of drug-likeness (QED) is 0.650. The van der Waals surface area contributed by atoms with Crippen LogP contribution in [0.2, 0.25) is 0 Å². The molecule has 0 amide bonds. The van der Waals surface area contributed by atoms with Gasteiger partial charge in [0.2, 0.25) is 0 Å². The number of hydrogen-bond donors (Lipinski definition) is 1. The number of hydrogen-bond acceptors (Lipinski definition) is 3. The molecule has 0 aromatic heterocycles. The molecule has 1 nitrogen and oxygen atoms in total. The lowest BCUT2D eigenvalue weighted by atomic mass is 10.4. The van der Waals surface area contributed by atoms with Gasteiger partial charge in [-0.2, -0.15) is 23.5 Å².